The molecule has 6 heteroatoms. The van der Waals surface area contributed by atoms with E-state index in [1.807, 2.05) is 18.2 Å². The third-order valence-corrected chi connectivity index (χ3v) is 4.00. The van der Waals surface area contributed by atoms with Crippen LogP contribution in [0.4, 0.5) is 0 Å². The second-order valence-electron chi connectivity index (χ2n) is 4.30. The number of likely N-dealkylation sites (N-methyl/N-ethyl adjacent to an activating group) is 2. The van der Waals surface area contributed by atoms with Crippen LogP contribution in [0.5, 0.6) is 0 Å². The van der Waals surface area contributed by atoms with Gasteiger partial charge in [0.1, 0.15) is 0 Å². The van der Waals surface area contributed by atoms with E-state index < -0.39 is 10.0 Å². The van der Waals surface area contributed by atoms with Gasteiger partial charge in [0.2, 0.25) is 15.9 Å². The minimum atomic E-state index is -3.58. The van der Waals surface area contributed by atoms with E-state index in [4.69, 9.17) is 0 Å². The number of sulfonamides is 1. The Bertz CT molecular complexity index is 551. The van der Waals surface area contributed by atoms with Crippen molar-refractivity contribution in [2.24, 2.45) is 0 Å². The van der Waals surface area contributed by atoms with Crippen LogP contribution >= 0.6 is 0 Å². The minimum absolute atomic E-state index is 0.172. The number of nitrogens with zero attached hydrogens (tertiary/aromatic N) is 2. The first-order valence-corrected chi connectivity index (χ1v) is 7.23. The highest BCUT2D eigenvalue weighted by molar-refractivity contribution is 7.92. The lowest BCUT2D eigenvalue weighted by atomic mass is 10.2. The molecular weight excluding hydrogens is 264 g/mol. The summed E-state index contributed by atoms with van der Waals surface area (Å²) in [5, 5.41) is 1.10. The van der Waals surface area contributed by atoms with Gasteiger partial charge in [-0.2, -0.15) is 4.31 Å². The number of hydrogen-bond donors (Lipinski definition) is 0. The fraction of sp³-hybridized carbons (Fsp3) is 0.308. The average molecular weight is 282 g/mol. The molecule has 0 saturated heterocycles. The van der Waals surface area contributed by atoms with Crippen molar-refractivity contribution in [1.82, 2.24) is 9.21 Å². The first-order valence-electron chi connectivity index (χ1n) is 5.72. The fourth-order valence-electron chi connectivity index (χ4n) is 1.25. The molecule has 0 unspecified atom stereocenters. The van der Waals surface area contributed by atoms with E-state index in [-0.39, 0.29) is 12.5 Å². The summed E-state index contributed by atoms with van der Waals surface area (Å²) in [4.78, 5) is 12.8. The topological polar surface area (TPSA) is 57.7 Å². The van der Waals surface area contributed by atoms with Crippen LogP contribution in [0.3, 0.4) is 0 Å². The maximum absolute atomic E-state index is 11.9. The zero-order valence-electron chi connectivity index (χ0n) is 11.3. The van der Waals surface area contributed by atoms with Gasteiger partial charge in [-0.25, -0.2) is 8.42 Å². The van der Waals surface area contributed by atoms with E-state index in [2.05, 4.69) is 0 Å². The Morgan fingerprint density at radius 2 is 1.74 bits per heavy atom. The van der Waals surface area contributed by atoms with Crippen molar-refractivity contribution in [3.8, 4) is 0 Å². The van der Waals surface area contributed by atoms with Crippen molar-refractivity contribution >= 4 is 22.0 Å². The molecule has 0 saturated carbocycles. The van der Waals surface area contributed by atoms with Gasteiger partial charge in [0.05, 0.1) is 6.54 Å². The van der Waals surface area contributed by atoms with Crippen LogP contribution in [0.25, 0.3) is 6.08 Å². The Balaban J connectivity index is 2.76. The molecule has 0 aliphatic carbocycles. The zero-order valence-corrected chi connectivity index (χ0v) is 12.1. The summed E-state index contributed by atoms with van der Waals surface area (Å²) in [7, 11) is 0.971. The monoisotopic (exact) mass is 282 g/mol. The molecule has 0 heterocycles. The summed E-state index contributed by atoms with van der Waals surface area (Å²) in [5.41, 5.74) is 0.790. The molecule has 1 aromatic carbocycles. The molecule has 0 aromatic heterocycles. The molecular formula is C13H18N2O3S. The van der Waals surface area contributed by atoms with Gasteiger partial charge in [-0.1, -0.05) is 30.3 Å². The quantitative estimate of drug-likeness (QED) is 0.810. The van der Waals surface area contributed by atoms with Crippen molar-refractivity contribution in [3.63, 3.8) is 0 Å². The molecule has 0 spiro atoms. The number of rotatable bonds is 5. The fourth-order valence-corrected chi connectivity index (χ4v) is 2.08. The van der Waals surface area contributed by atoms with Crippen LogP contribution in [0.2, 0.25) is 0 Å². The molecule has 0 aliphatic heterocycles. The lowest BCUT2D eigenvalue weighted by molar-refractivity contribution is -0.128. The molecule has 5 nitrogen and oxygen atoms in total. The van der Waals surface area contributed by atoms with E-state index in [1.165, 1.54) is 18.0 Å². The summed E-state index contributed by atoms with van der Waals surface area (Å²) in [6, 6.07) is 9.11. The van der Waals surface area contributed by atoms with Crippen molar-refractivity contribution in [2.75, 3.05) is 27.7 Å². The van der Waals surface area contributed by atoms with Gasteiger partial charge in [0, 0.05) is 26.6 Å². The first-order chi connectivity index (χ1) is 8.83. The third kappa shape index (κ3) is 4.84. The van der Waals surface area contributed by atoms with Crippen LogP contribution in [0.15, 0.2) is 35.7 Å². The largest absolute Gasteiger partial charge is 0.348 e. The van der Waals surface area contributed by atoms with Crippen molar-refractivity contribution in [1.29, 1.82) is 0 Å². The van der Waals surface area contributed by atoms with E-state index >= 15 is 0 Å². The van der Waals surface area contributed by atoms with E-state index in [9.17, 15) is 13.2 Å². The van der Waals surface area contributed by atoms with E-state index in [1.54, 1.807) is 26.2 Å². The molecule has 1 amide bonds. The highest BCUT2D eigenvalue weighted by Crippen LogP contribution is 2.06. The molecule has 0 N–H and O–H groups in total. The second-order valence-corrected chi connectivity index (χ2v) is 6.23. The second kappa shape index (κ2) is 6.49. The molecule has 0 atom stereocenters. The Labute approximate surface area is 114 Å². The molecule has 0 fully saturated rings. The van der Waals surface area contributed by atoms with Gasteiger partial charge in [-0.05, 0) is 11.6 Å². The summed E-state index contributed by atoms with van der Waals surface area (Å²) >= 11 is 0. The van der Waals surface area contributed by atoms with E-state index in [0.29, 0.717) is 0 Å². The molecule has 0 radical (unpaired) electrons. The molecule has 0 aliphatic rings. The Morgan fingerprint density at radius 1 is 1.16 bits per heavy atom. The molecule has 19 heavy (non-hydrogen) atoms. The molecule has 0 bridgehead atoms. The van der Waals surface area contributed by atoms with Crippen LogP contribution in [-0.4, -0.2) is 51.2 Å². The lowest BCUT2D eigenvalue weighted by Gasteiger charge is -2.17. The maximum Gasteiger partial charge on any atom is 0.237 e. The molecule has 1 rings (SSSR count). The SMILES string of the molecule is CN(C)C(=O)CN(C)S(=O)(=O)C=Cc1ccccc1. The average Bonchev–Trinajstić information content (AvgIpc) is 2.37. The third-order valence-electron chi connectivity index (χ3n) is 2.52. The Hall–Kier alpha value is -1.66. The van der Waals surface area contributed by atoms with Crippen molar-refractivity contribution in [3.05, 3.63) is 41.3 Å². The summed E-state index contributed by atoms with van der Waals surface area (Å²) in [6.45, 7) is -0.172. The van der Waals surface area contributed by atoms with Gasteiger partial charge < -0.3 is 4.90 Å². The maximum atomic E-state index is 11.9. The predicted octanol–water partition coefficient (Wildman–Crippen LogP) is 1.01. The number of carbonyl (C=O) groups is 1. The minimum Gasteiger partial charge on any atom is -0.348 e. The summed E-state index contributed by atoms with van der Waals surface area (Å²) in [6.07, 6.45) is 1.51. The molecule has 104 valence electrons. The number of amides is 1. The van der Waals surface area contributed by atoms with E-state index in [0.717, 1.165) is 15.3 Å². The van der Waals surface area contributed by atoms with Gasteiger partial charge in [0.15, 0.2) is 0 Å². The van der Waals surface area contributed by atoms with Gasteiger partial charge >= 0.3 is 0 Å². The van der Waals surface area contributed by atoms with Crippen molar-refractivity contribution < 1.29 is 13.2 Å². The first kappa shape index (κ1) is 15.4. The molecule has 1 aromatic rings. The predicted molar refractivity (Wildman–Crippen MR) is 75.7 cm³/mol. The number of hydrogen-bond acceptors (Lipinski definition) is 3. The van der Waals surface area contributed by atoms with Crippen LogP contribution in [0, 0.1) is 0 Å². The summed E-state index contributed by atoms with van der Waals surface area (Å²) in [5.74, 6) is -0.265. The van der Waals surface area contributed by atoms with Crippen LogP contribution < -0.4 is 0 Å². The Morgan fingerprint density at radius 3 is 2.26 bits per heavy atom. The van der Waals surface area contributed by atoms with Gasteiger partial charge in [0.25, 0.3) is 0 Å². The number of benzene rings is 1. The van der Waals surface area contributed by atoms with Gasteiger partial charge in [-0.3, -0.25) is 4.79 Å². The van der Waals surface area contributed by atoms with Gasteiger partial charge in [-0.15, -0.1) is 0 Å². The normalized spacial score (nSPS) is 12.0. The van der Waals surface area contributed by atoms with Crippen molar-refractivity contribution in [2.45, 2.75) is 0 Å². The van der Waals surface area contributed by atoms with Crippen LogP contribution in [0.1, 0.15) is 5.56 Å². The van der Waals surface area contributed by atoms with Crippen LogP contribution in [-0.2, 0) is 14.8 Å². The zero-order chi connectivity index (χ0) is 14.5. The smallest absolute Gasteiger partial charge is 0.237 e. The standard InChI is InChI=1S/C13H18N2O3S/c1-14(2)13(16)11-15(3)19(17,18)10-9-12-7-5-4-6-8-12/h4-10H,11H2,1-3H3. The lowest BCUT2D eigenvalue weighted by Crippen LogP contribution is -2.36. The Kier molecular flexibility index (Phi) is 5.26. The summed E-state index contributed by atoms with van der Waals surface area (Å²) < 4.78 is 24.9. The highest BCUT2D eigenvalue weighted by atomic mass is 32.2. The number of carbonyl (C=O) groups excluding carboxylic acids is 1. The highest BCUT2D eigenvalue weighted by Gasteiger charge is 2.18.